The summed E-state index contributed by atoms with van der Waals surface area (Å²) < 4.78 is 17.0. The minimum atomic E-state index is -0.775. The van der Waals surface area contributed by atoms with Gasteiger partial charge in [0.25, 0.3) is 0 Å². The van der Waals surface area contributed by atoms with Gasteiger partial charge in [-0.1, -0.05) is 326 Å². The van der Waals surface area contributed by atoms with Crippen molar-refractivity contribution in [3.05, 3.63) is 48.6 Å². The summed E-state index contributed by atoms with van der Waals surface area (Å²) in [5, 5.41) is 0. The van der Waals surface area contributed by atoms with Crippen LogP contribution in [0.2, 0.25) is 0 Å². The molecule has 6 nitrogen and oxygen atoms in total. The molecule has 1 unspecified atom stereocenters. The van der Waals surface area contributed by atoms with Crippen molar-refractivity contribution < 1.29 is 28.6 Å². The van der Waals surface area contributed by atoms with Gasteiger partial charge in [0.15, 0.2) is 6.10 Å². The van der Waals surface area contributed by atoms with Gasteiger partial charge in [0.05, 0.1) is 0 Å². The topological polar surface area (TPSA) is 78.9 Å². The van der Waals surface area contributed by atoms with Crippen LogP contribution in [0.5, 0.6) is 0 Å². The van der Waals surface area contributed by atoms with Gasteiger partial charge in [0.1, 0.15) is 13.2 Å². The summed E-state index contributed by atoms with van der Waals surface area (Å²) in [7, 11) is 0. The van der Waals surface area contributed by atoms with Gasteiger partial charge >= 0.3 is 17.9 Å². The van der Waals surface area contributed by atoms with Crippen LogP contribution < -0.4 is 0 Å². The molecule has 0 heterocycles. The average Bonchev–Trinajstić information content (AvgIpc) is 3.45. The third kappa shape index (κ3) is 66.1. The molecule has 0 aromatic carbocycles. The summed E-state index contributed by atoms with van der Waals surface area (Å²) in [5.41, 5.74) is 0. The Morgan fingerprint density at radius 2 is 0.456 bits per heavy atom. The lowest BCUT2D eigenvalue weighted by Gasteiger charge is -2.18. The van der Waals surface area contributed by atoms with Gasteiger partial charge in [0, 0.05) is 19.3 Å². The molecule has 79 heavy (non-hydrogen) atoms. The fourth-order valence-electron chi connectivity index (χ4n) is 10.5. The van der Waals surface area contributed by atoms with Crippen LogP contribution in [0, 0.1) is 0 Å². The molecule has 0 saturated heterocycles. The SMILES string of the molecule is CCCCCC/C=C\CCCCCCCC(=O)OCC(COC(=O)CCCCCCCCCCCCCCCC/C=C\C/C=C\C/C=C\CCCCCCC)OC(=O)CCCCCCCCCCCCCCCCCCCCC. The number of ether oxygens (including phenoxy) is 3. The second kappa shape index (κ2) is 67.9. The zero-order valence-corrected chi connectivity index (χ0v) is 53.2. The summed E-state index contributed by atoms with van der Waals surface area (Å²) in [6.07, 6.45) is 85.7. The first-order chi connectivity index (χ1) is 39.0. The maximum Gasteiger partial charge on any atom is 0.306 e. The Morgan fingerprint density at radius 3 is 0.734 bits per heavy atom. The molecule has 0 aliphatic carbocycles. The highest BCUT2D eigenvalue weighted by molar-refractivity contribution is 5.71. The Hall–Kier alpha value is -2.63. The summed E-state index contributed by atoms with van der Waals surface area (Å²) in [6, 6.07) is 0. The highest BCUT2D eigenvalue weighted by Gasteiger charge is 2.19. The molecule has 0 aliphatic rings. The van der Waals surface area contributed by atoms with Crippen LogP contribution >= 0.6 is 0 Å². The van der Waals surface area contributed by atoms with E-state index in [0.29, 0.717) is 19.3 Å². The maximum atomic E-state index is 12.9. The van der Waals surface area contributed by atoms with Crippen LogP contribution in [0.3, 0.4) is 0 Å². The normalized spacial score (nSPS) is 12.3. The van der Waals surface area contributed by atoms with Gasteiger partial charge in [-0.25, -0.2) is 0 Å². The van der Waals surface area contributed by atoms with Crippen molar-refractivity contribution in [2.24, 2.45) is 0 Å². The van der Waals surface area contributed by atoms with Crippen LogP contribution in [-0.4, -0.2) is 37.2 Å². The van der Waals surface area contributed by atoms with Crippen LogP contribution in [0.25, 0.3) is 0 Å². The van der Waals surface area contributed by atoms with E-state index < -0.39 is 6.10 Å². The molecule has 462 valence electrons. The molecule has 0 spiro atoms. The van der Waals surface area contributed by atoms with Crippen molar-refractivity contribution >= 4 is 17.9 Å². The van der Waals surface area contributed by atoms with E-state index in [2.05, 4.69) is 69.4 Å². The molecule has 0 aliphatic heterocycles. The Kier molecular flexibility index (Phi) is 65.6. The van der Waals surface area contributed by atoms with Crippen molar-refractivity contribution in [2.75, 3.05) is 13.2 Å². The van der Waals surface area contributed by atoms with Gasteiger partial charge in [-0.3, -0.25) is 14.4 Å². The molecular formula is C73H134O6. The molecule has 0 aromatic rings. The lowest BCUT2D eigenvalue weighted by atomic mass is 10.0. The third-order valence-electron chi connectivity index (χ3n) is 15.8. The highest BCUT2D eigenvalue weighted by atomic mass is 16.6. The minimum absolute atomic E-state index is 0.0713. The van der Waals surface area contributed by atoms with E-state index in [0.717, 1.165) is 77.0 Å². The highest BCUT2D eigenvalue weighted by Crippen LogP contribution is 2.18. The van der Waals surface area contributed by atoms with Gasteiger partial charge in [0.2, 0.25) is 0 Å². The predicted octanol–water partition coefficient (Wildman–Crippen LogP) is 24.1. The number of hydrogen-bond donors (Lipinski definition) is 0. The molecule has 1 atom stereocenters. The first-order valence-electron chi connectivity index (χ1n) is 35.1. The zero-order valence-electron chi connectivity index (χ0n) is 53.2. The molecule has 0 aromatic heterocycles. The molecule has 0 radical (unpaired) electrons. The fraction of sp³-hybridized carbons (Fsp3) is 0.849. The molecule has 0 saturated carbocycles. The van der Waals surface area contributed by atoms with Crippen molar-refractivity contribution in [3.63, 3.8) is 0 Å². The number of esters is 3. The fourth-order valence-corrected chi connectivity index (χ4v) is 10.5. The number of rotatable bonds is 65. The second-order valence-corrected chi connectivity index (χ2v) is 23.8. The van der Waals surface area contributed by atoms with Crippen LogP contribution in [0.1, 0.15) is 380 Å². The van der Waals surface area contributed by atoms with Crippen molar-refractivity contribution in [3.8, 4) is 0 Å². The lowest BCUT2D eigenvalue weighted by Crippen LogP contribution is -2.30. The van der Waals surface area contributed by atoms with Gasteiger partial charge in [-0.2, -0.15) is 0 Å². The molecule has 0 bridgehead atoms. The Balaban J connectivity index is 4.21. The molecule has 0 rings (SSSR count). The monoisotopic (exact) mass is 1110 g/mol. The van der Waals surface area contributed by atoms with E-state index in [4.69, 9.17) is 14.2 Å². The van der Waals surface area contributed by atoms with Crippen LogP contribution in [0.15, 0.2) is 48.6 Å². The van der Waals surface area contributed by atoms with E-state index in [1.54, 1.807) is 0 Å². The number of allylic oxidation sites excluding steroid dienone is 8. The van der Waals surface area contributed by atoms with Gasteiger partial charge in [-0.15, -0.1) is 0 Å². The average molecular weight is 1110 g/mol. The van der Waals surface area contributed by atoms with Crippen molar-refractivity contribution in [2.45, 2.75) is 386 Å². The minimum Gasteiger partial charge on any atom is -0.462 e. The van der Waals surface area contributed by atoms with Gasteiger partial charge < -0.3 is 14.2 Å². The third-order valence-corrected chi connectivity index (χ3v) is 15.8. The van der Waals surface area contributed by atoms with Crippen molar-refractivity contribution in [1.29, 1.82) is 0 Å². The molecule has 0 fully saturated rings. The summed E-state index contributed by atoms with van der Waals surface area (Å²) >= 11 is 0. The first-order valence-corrected chi connectivity index (χ1v) is 35.1. The first kappa shape index (κ1) is 76.4. The Bertz CT molecular complexity index is 1360. The molecule has 0 amide bonds. The van der Waals surface area contributed by atoms with E-state index in [1.807, 2.05) is 0 Å². The molecular weight excluding hydrogens is 973 g/mol. The van der Waals surface area contributed by atoms with E-state index in [9.17, 15) is 14.4 Å². The summed E-state index contributed by atoms with van der Waals surface area (Å²) in [5.74, 6) is -0.855. The second-order valence-electron chi connectivity index (χ2n) is 23.8. The Morgan fingerprint density at radius 1 is 0.253 bits per heavy atom. The standard InChI is InChI=1S/C73H134O6/c1-4-7-10-13-16-19-22-25-27-29-31-32-33-34-35-36-37-38-39-40-42-43-45-48-51-54-57-60-63-66-72(75)78-69-70(68-77-71(74)65-62-59-56-53-50-47-24-21-18-15-12-9-6-3)79-73(76)67-64-61-58-55-52-49-46-44-41-30-28-26-23-20-17-14-11-8-5-2/h21-22,24-25,29,31,33-34,70H,4-20,23,26-28,30,32,35-69H2,1-3H3/b24-21-,25-22-,31-29-,34-33-. The number of carbonyl (C=O) groups is 3. The molecule has 0 N–H and O–H groups in total. The van der Waals surface area contributed by atoms with Gasteiger partial charge in [-0.05, 0) is 83.5 Å². The van der Waals surface area contributed by atoms with E-state index in [-0.39, 0.29) is 31.1 Å². The predicted molar refractivity (Wildman–Crippen MR) is 344 cm³/mol. The largest absolute Gasteiger partial charge is 0.462 e. The quantitative estimate of drug-likeness (QED) is 0.0261. The summed E-state index contributed by atoms with van der Waals surface area (Å²) in [4.78, 5) is 38.4. The van der Waals surface area contributed by atoms with Crippen molar-refractivity contribution in [1.82, 2.24) is 0 Å². The van der Waals surface area contributed by atoms with Crippen LogP contribution in [0.4, 0.5) is 0 Å². The Labute approximate surface area is 492 Å². The zero-order chi connectivity index (χ0) is 57.1. The number of carbonyl (C=O) groups excluding carboxylic acids is 3. The maximum absolute atomic E-state index is 12.9. The van der Waals surface area contributed by atoms with Crippen LogP contribution in [-0.2, 0) is 28.6 Å². The lowest BCUT2D eigenvalue weighted by molar-refractivity contribution is -0.167. The number of unbranched alkanes of at least 4 members (excludes halogenated alkanes) is 46. The smallest absolute Gasteiger partial charge is 0.306 e. The van der Waals surface area contributed by atoms with E-state index >= 15 is 0 Å². The van der Waals surface area contributed by atoms with E-state index in [1.165, 1.54) is 263 Å². The molecule has 6 heteroatoms. The summed E-state index contributed by atoms with van der Waals surface area (Å²) in [6.45, 7) is 6.67. The number of hydrogen-bond acceptors (Lipinski definition) is 6.